The van der Waals surface area contributed by atoms with Gasteiger partial charge in [-0.3, -0.25) is 0 Å². The van der Waals surface area contributed by atoms with Crippen molar-refractivity contribution in [3.63, 3.8) is 0 Å². The van der Waals surface area contributed by atoms with E-state index in [1.165, 1.54) is 81.0 Å². The Morgan fingerprint density at radius 1 is 0.931 bits per heavy atom. The lowest BCUT2D eigenvalue weighted by Gasteiger charge is -2.31. The summed E-state index contributed by atoms with van der Waals surface area (Å²) < 4.78 is 2.31. The molecule has 0 saturated heterocycles. The molecule has 4 aromatic rings. The van der Waals surface area contributed by atoms with E-state index in [9.17, 15) is 0 Å². The van der Waals surface area contributed by atoms with Crippen molar-refractivity contribution in [2.24, 2.45) is 7.05 Å². The maximum atomic E-state index is 2.48. The van der Waals surface area contributed by atoms with E-state index in [2.05, 4.69) is 85.2 Å². The zero-order chi connectivity index (χ0) is 19.7. The summed E-state index contributed by atoms with van der Waals surface area (Å²) >= 11 is 0. The normalized spacial score (nSPS) is 16.0. The Hall–Kier alpha value is -2.87. The fourth-order valence-electron chi connectivity index (χ4n) is 5.77. The van der Waals surface area contributed by atoms with Gasteiger partial charge in [0, 0.05) is 13.1 Å². The van der Waals surface area contributed by atoms with Crippen LogP contribution in [0.2, 0.25) is 0 Å². The molecule has 6 rings (SSSR count). The predicted octanol–water partition coefficient (Wildman–Crippen LogP) is 6.53. The highest BCUT2D eigenvalue weighted by Crippen LogP contribution is 2.50. The summed E-state index contributed by atoms with van der Waals surface area (Å²) in [6.45, 7) is 2.28. The van der Waals surface area contributed by atoms with Gasteiger partial charge in [0.2, 0.25) is 5.69 Å². The zero-order valence-electron chi connectivity index (χ0n) is 17.5. The van der Waals surface area contributed by atoms with E-state index in [4.69, 9.17) is 0 Å². The number of aromatic nitrogens is 1. The molecule has 0 N–H and O–H groups in total. The van der Waals surface area contributed by atoms with E-state index in [1.807, 2.05) is 0 Å². The summed E-state index contributed by atoms with van der Waals surface area (Å²) in [4.78, 5) is 2.43. The summed E-state index contributed by atoms with van der Waals surface area (Å²) in [6, 6.07) is 18.4. The number of pyridine rings is 1. The molecule has 2 heterocycles. The van der Waals surface area contributed by atoms with Gasteiger partial charge < -0.3 is 4.90 Å². The van der Waals surface area contributed by atoms with Crippen molar-refractivity contribution in [2.45, 2.75) is 38.5 Å². The minimum absolute atomic E-state index is 0.723. The van der Waals surface area contributed by atoms with E-state index in [0.717, 1.165) is 5.92 Å². The van der Waals surface area contributed by atoms with Crippen LogP contribution >= 0.6 is 0 Å². The molecule has 3 aromatic carbocycles. The highest BCUT2D eigenvalue weighted by atomic mass is 15.1. The van der Waals surface area contributed by atoms with Crippen LogP contribution < -0.4 is 9.47 Å². The molecule has 2 heteroatoms. The molecule has 1 aliphatic heterocycles. The van der Waals surface area contributed by atoms with Crippen LogP contribution in [0.5, 0.6) is 0 Å². The van der Waals surface area contributed by atoms with Crippen molar-refractivity contribution in [3.05, 3.63) is 65.9 Å². The highest BCUT2D eigenvalue weighted by molar-refractivity contribution is 6.13. The molecular weight excluding hydrogens is 352 g/mol. The van der Waals surface area contributed by atoms with Gasteiger partial charge in [-0.15, -0.1) is 0 Å². The van der Waals surface area contributed by atoms with Gasteiger partial charge in [-0.05, 0) is 65.1 Å². The second-order valence-corrected chi connectivity index (χ2v) is 8.94. The molecule has 144 valence electrons. The van der Waals surface area contributed by atoms with E-state index >= 15 is 0 Å². The SMILES string of the molecule is Cc1c2c(cc3ccccc13)N(C)c1cc(C3CCCC3)cc3cc[n+](C)c-2c13. The van der Waals surface area contributed by atoms with Crippen molar-refractivity contribution >= 4 is 32.9 Å². The monoisotopic (exact) mass is 379 g/mol. The Labute approximate surface area is 172 Å². The smallest absolute Gasteiger partial charge is 0.224 e. The van der Waals surface area contributed by atoms with Crippen molar-refractivity contribution in [1.29, 1.82) is 0 Å². The van der Waals surface area contributed by atoms with Crippen LogP contribution in [0.25, 0.3) is 32.8 Å². The minimum atomic E-state index is 0.723. The van der Waals surface area contributed by atoms with Crippen molar-refractivity contribution < 1.29 is 4.57 Å². The third kappa shape index (κ3) is 2.32. The Morgan fingerprint density at radius 2 is 1.72 bits per heavy atom. The third-order valence-corrected chi connectivity index (χ3v) is 7.31. The van der Waals surface area contributed by atoms with Gasteiger partial charge in [0.1, 0.15) is 7.05 Å². The van der Waals surface area contributed by atoms with Gasteiger partial charge in [0.15, 0.2) is 6.20 Å². The molecule has 0 radical (unpaired) electrons. The molecule has 0 bridgehead atoms. The summed E-state index contributed by atoms with van der Waals surface area (Å²) in [6.07, 6.45) is 7.66. The van der Waals surface area contributed by atoms with Gasteiger partial charge >= 0.3 is 0 Å². The van der Waals surface area contributed by atoms with Gasteiger partial charge in [0.25, 0.3) is 0 Å². The second kappa shape index (κ2) is 6.06. The highest BCUT2D eigenvalue weighted by Gasteiger charge is 2.32. The van der Waals surface area contributed by atoms with E-state index in [-0.39, 0.29) is 0 Å². The molecule has 1 fully saturated rings. The minimum Gasteiger partial charge on any atom is -0.343 e. The maximum Gasteiger partial charge on any atom is 0.224 e. The number of anilines is 2. The first kappa shape index (κ1) is 17.0. The summed E-state index contributed by atoms with van der Waals surface area (Å²) in [5.41, 5.74) is 8.31. The first-order chi connectivity index (χ1) is 14.1. The molecule has 0 unspecified atom stereocenters. The van der Waals surface area contributed by atoms with E-state index in [1.54, 1.807) is 0 Å². The number of aryl methyl sites for hydroxylation is 2. The second-order valence-electron chi connectivity index (χ2n) is 8.94. The molecular formula is C27H27N2+. The van der Waals surface area contributed by atoms with Gasteiger partial charge in [0.05, 0.1) is 22.3 Å². The fraction of sp³-hybridized carbons (Fsp3) is 0.296. The number of hydrogen-bond donors (Lipinski definition) is 0. The number of benzene rings is 3. The molecule has 2 aliphatic rings. The van der Waals surface area contributed by atoms with Crippen molar-refractivity contribution in [2.75, 3.05) is 11.9 Å². The Morgan fingerprint density at radius 3 is 2.55 bits per heavy atom. The van der Waals surface area contributed by atoms with Crippen LogP contribution in [0, 0.1) is 6.92 Å². The molecule has 1 aliphatic carbocycles. The van der Waals surface area contributed by atoms with Crippen LogP contribution in [0.15, 0.2) is 54.7 Å². The molecule has 1 aromatic heterocycles. The van der Waals surface area contributed by atoms with E-state index in [0.29, 0.717) is 0 Å². The predicted molar refractivity (Wildman–Crippen MR) is 122 cm³/mol. The maximum absolute atomic E-state index is 2.48. The number of hydrogen-bond acceptors (Lipinski definition) is 1. The molecule has 29 heavy (non-hydrogen) atoms. The molecule has 1 saturated carbocycles. The van der Waals surface area contributed by atoms with Crippen molar-refractivity contribution in [1.82, 2.24) is 0 Å². The van der Waals surface area contributed by atoms with Crippen molar-refractivity contribution in [3.8, 4) is 11.3 Å². The van der Waals surface area contributed by atoms with E-state index < -0.39 is 0 Å². The van der Waals surface area contributed by atoms with Gasteiger partial charge in [-0.2, -0.15) is 0 Å². The standard InChI is InChI=1S/C27H27N2/c1-17-22-11-7-6-10-19(22)15-23-25(17)27-26-20(12-13-28(27)2)14-21(16-24(26)29(23)3)18-8-4-5-9-18/h6-7,10-16,18H,4-5,8-9H2,1-3H3/q+1. The quantitative estimate of drug-likeness (QED) is 0.341. The summed E-state index contributed by atoms with van der Waals surface area (Å²) in [5, 5.41) is 5.44. The topological polar surface area (TPSA) is 7.12 Å². The van der Waals surface area contributed by atoms with Crippen LogP contribution in [0.4, 0.5) is 11.4 Å². The molecule has 2 nitrogen and oxygen atoms in total. The molecule has 0 atom stereocenters. The van der Waals surface area contributed by atoms with Gasteiger partial charge in [-0.25, -0.2) is 4.57 Å². The number of fused-ring (bicyclic) bond motifs is 3. The van der Waals surface area contributed by atoms with Crippen LogP contribution in [-0.2, 0) is 7.05 Å². The summed E-state index contributed by atoms with van der Waals surface area (Å²) in [5.74, 6) is 0.723. The average molecular weight is 380 g/mol. The fourth-order valence-corrected chi connectivity index (χ4v) is 5.77. The van der Waals surface area contributed by atoms with Crippen LogP contribution in [0.1, 0.15) is 42.7 Å². The third-order valence-electron chi connectivity index (χ3n) is 7.31. The first-order valence-corrected chi connectivity index (χ1v) is 10.9. The molecule has 0 amide bonds. The van der Waals surface area contributed by atoms with Gasteiger partial charge in [-0.1, -0.05) is 43.2 Å². The average Bonchev–Trinajstić information content (AvgIpc) is 3.28. The lowest BCUT2D eigenvalue weighted by molar-refractivity contribution is -0.659. The lowest BCUT2D eigenvalue weighted by atomic mass is 9.87. The zero-order valence-corrected chi connectivity index (χ0v) is 17.5. The Kier molecular flexibility index (Phi) is 3.56. The Bertz CT molecular complexity index is 1300. The number of nitrogens with zero attached hydrogens (tertiary/aromatic N) is 2. The largest absolute Gasteiger partial charge is 0.343 e. The molecule has 0 spiro atoms. The first-order valence-electron chi connectivity index (χ1n) is 10.9. The number of rotatable bonds is 1. The Balaban J connectivity index is 1.73. The lowest BCUT2D eigenvalue weighted by Crippen LogP contribution is -2.33. The van der Waals surface area contributed by atoms with Crippen LogP contribution in [0.3, 0.4) is 0 Å². The summed E-state index contributed by atoms with van der Waals surface area (Å²) in [7, 11) is 4.43. The van der Waals surface area contributed by atoms with Crippen LogP contribution in [-0.4, -0.2) is 7.05 Å².